The number of amides is 2. The van der Waals surface area contributed by atoms with E-state index in [2.05, 4.69) is 0 Å². The Labute approximate surface area is 181 Å². The summed E-state index contributed by atoms with van der Waals surface area (Å²) in [4.78, 5) is 55.3. The van der Waals surface area contributed by atoms with Gasteiger partial charge in [-0.25, -0.2) is 0 Å². The molecule has 5 rings (SSSR count). The Morgan fingerprint density at radius 1 is 1.10 bits per heavy atom. The number of nitrogens with zero attached hydrogens (tertiary/aromatic N) is 2. The van der Waals surface area contributed by atoms with Gasteiger partial charge in [0.2, 0.25) is 11.8 Å². The maximum absolute atomic E-state index is 13.8. The summed E-state index contributed by atoms with van der Waals surface area (Å²) in [5.41, 5.74) is 0.782. The molecule has 7 nitrogen and oxygen atoms in total. The van der Waals surface area contributed by atoms with E-state index in [1.807, 2.05) is 36.1 Å². The van der Waals surface area contributed by atoms with Crippen LogP contribution in [0.15, 0.2) is 24.3 Å². The van der Waals surface area contributed by atoms with Gasteiger partial charge in [0.15, 0.2) is 11.6 Å². The van der Waals surface area contributed by atoms with Gasteiger partial charge in [-0.05, 0) is 32.3 Å². The largest absolute Gasteiger partial charge is 0.453 e. The van der Waals surface area contributed by atoms with Crippen molar-refractivity contribution in [1.82, 2.24) is 9.80 Å². The van der Waals surface area contributed by atoms with Crippen LogP contribution in [0.2, 0.25) is 0 Å². The molecule has 1 aromatic carbocycles. The minimum atomic E-state index is -1.26. The van der Waals surface area contributed by atoms with Crippen LogP contribution >= 0.6 is 0 Å². The molecule has 0 aromatic heterocycles. The van der Waals surface area contributed by atoms with Gasteiger partial charge >= 0.3 is 5.97 Å². The number of benzene rings is 1. The van der Waals surface area contributed by atoms with Gasteiger partial charge < -0.3 is 14.5 Å². The summed E-state index contributed by atoms with van der Waals surface area (Å²) in [6.07, 6.45) is 3.91. The van der Waals surface area contributed by atoms with Crippen LogP contribution in [-0.4, -0.2) is 57.1 Å². The van der Waals surface area contributed by atoms with Crippen LogP contribution in [-0.2, 0) is 30.5 Å². The molecular weight excluding hydrogens is 396 g/mol. The predicted octanol–water partition coefficient (Wildman–Crippen LogP) is 2.14. The zero-order valence-corrected chi connectivity index (χ0v) is 18.0. The van der Waals surface area contributed by atoms with Crippen LogP contribution in [0.3, 0.4) is 0 Å². The lowest BCUT2D eigenvalue weighted by Crippen LogP contribution is -2.53. The van der Waals surface area contributed by atoms with Crippen molar-refractivity contribution < 1.29 is 23.9 Å². The van der Waals surface area contributed by atoms with Gasteiger partial charge in [0, 0.05) is 19.0 Å². The Kier molecular flexibility index (Phi) is 4.68. The highest BCUT2D eigenvalue weighted by Gasteiger charge is 2.77. The molecule has 4 aliphatic rings. The van der Waals surface area contributed by atoms with Crippen LogP contribution in [0.25, 0.3) is 0 Å². The minimum Gasteiger partial charge on any atom is -0.453 e. The van der Waals surface area contributed by atoms with Crippen molar-refractivity contribution in [1.29, 1.82) is 0 Å². The Bertz CT molecular complexity index is 951. The number of aryl methyl sites for hydroxylation is 1. The highest BCUT2D eigenvalue weighted by Crippen LogP contribution is 2.55. The third-order valence-electron chi connectivity index (χ3n) is 7.54. The van der Waals surface area contributed by atoms with Crippen molar-refractivity contribution in [3.05, 3.63) is 35.4 Å². The number of carbonyl (C=O) groups is 4. The molecule has 3 aliphatic heterocycles. The van der Waals surface area contributed by atoms with Gasteiger partial charge in [0.05, 0.1) is 18.4 Å². The predicted molar refractivity (Wildman–Crippen MR) is 111 cm³/mol. The fourth-order valence-corrected chi connectivity index (χ4v) is 6.26. The Balaban J connectivity index is 1.58. The first kappa shape index (κ1) is 20.2. The molecule has 1 aromatic rings. The number of hydrogen-bond acceptors (Lipinski definition) is 5. The summed E-state index contributed by atoms with van der Waals surface area (Å²) in [5.74, 6) is -1.62. The third kappa shape index (κ3) is 2.92. The fourth-order valence-electron chi connectivity index (χ4n) is 6.26. The van der Waals surface area contributed by atoms with E-state index in [1.54, 1.807) is 4.90 Å². The SMILES string of the molecule is CC(=O)C[C@@H]1N(C2CCCC2)C(=O)[C@H]2N(Cc3ccc(C)cc3)C(=O)[C@@H]3CC(=O)O[C@@]132. The van der Waals surface area contributed by atoms with Gasteiger partial charge in [-0.15, -0.1) is 0 Å². The maximum Gasteiger partial charge on any atom is 0.307 e. The summed E-state index contributed by atoms with van der Waals surface area (Å²) in [6, 6.07) is 6.47. The van der Waals surface area contributed by atoms with Gasteiger partial charge in [-0.1, -0.05) is 42.7 Å². The smallest absolute Gasteiger partial charge is 0.307 e. The molecule has 0 radical (unpaired) electrons. The van der Waals surface area contributed by atoms with E-state index in [0.717, 1.165) is 36.8 Å². The van der Waals surface area contributed by atoms with Crippen molar-refractivity contribution in [2.75, 3.05) is 0 Å². The number of hydrogen-bond donors (Lipinski definition) is 0. The third-order valence-corrected chi connectivity index (χ3v) is 7.54. The average Bonchev–Trinajstić information content (AvgIpc) is 3.44. The lowest BCUT2D eigenvalue weighted by atomic mass is 9.79. The molecule has 0 unspecified atom stereocenters. The first-order chi connectivity index (χ1) is 14.8. The Morgan fingerprint density at radius 3 is 2.42 bits per heavy atom. The second-order valence-electron chi connectivity index (χ2n) is 9.54. The fraction of sp³-hybridized carbons (Fsp3) is 0.583. The number of likely N-dealkylation sites (tertiary alicyclic amines) is 2. The molecular formula is C24H28N2O5. The highest BCUT2D eigenvalue weighted by atomic mass is 16.6. The Hall–Kier alpha value is -2.70. The molecule has 3 heterocycles. The van der Waals surface area contributed by atoms with Crippen LogP contribution in [0.4, 0.5) is 0 Å². The zero-order chi connectivity index (χ0) is 21.9. The van der Waals surface area contributed by atoms with E-state index < -0.39 is 29.6 Å². The number of Topliss-reactive ketones (excluding diaryl/α,β-unsaturated/α-hetero) is 1. The topological polar surface area (TPSA) is 84.0 Å². The summed E-state index contributed by atoms with van der Waals surface area (Å²) in [7, 11) is 0. The number of ether oxygens (including phenoxy) is 1. The van der Waals surface area contributed by atoms with Crippen molar-refractivity contribution in [2.24, 2.45) is 5.92 Å². The number of ketones is 1. The average molecular weight is 424 g/mol. The molecule has 7 heteroatoms. The van der Waals surface area contributed by atoms with Crippen LogP contribution in [0.1, 0.15) is 56.6 Å². The summed E-state index contributed by atoms with van der Waals surface area (Å²) in [6.45, 7) is 3.78. The lowest BCUT2D eigenvalue weighted by molar-refractivity contribution is -0.154. The van der Waals surface area contributed by atoms with E-state index in [-0.39, 0.29) is 43.0 Å². The standard InChI is InChI=1S/C24H28N2O5/c1-14-7-9-16(10-8-14)13-25-21-23(30)26(17-5-3-4-6-17)19(11-15(2)27)24(21)18(22(25)29)12-20(28)31-24/h7-10,17-19,21H,3-6,11-13H2,1-2H3/t18-,19-,21+,24+/m0/s1. The molecule has 164 valence electrons. The summed E-state index contributed by atoms with van der Waals surface area (Å²) in [5, 5.41) is 0. The zero-order valence-electron chi connectivity index (χ0n) is 18.0. The summed E-state index contributed by atoms with van der Waals surface area (Å²) >= 11 is 0. The van der Waals surface area contributed by atoms with E-state index in [1.165, 1.54) is 6.92 Å². The van der Waals surface area contributed by atoms with Crippen LogP contribution in [0, 0.1) is 12.8 Å². The van der Waals surface area contributed by atoms with E-state index in [4.69, 9.17) is 4.74 Å². The molecule has 1 aliphatic carbocycles. The maximum atomic E-state index is 13.8. The monoisotopic (exact) mass is 424 g/mol. The number of carbonyl (C=O) groups excluding carboxylic acids is 4. The Morgan fingerprint density at radius 2 is 1.77 bits per heavy atom. The van der Waals surface area contributed by atoms with Gasteiger partial charge in [-0.3, -0.25) is 19.2 Å². The molecule has 4 atom stereocenters. The molecule has 3 saturated heterocycles. The molecule has 4 fully saturated rings. The van der Waals surface area contributed by atoms with Crippen LogP contribution < -0.4 is 0 Å². The van der Waals surface area contributed by atoms with Gasteiger partial charge in [-0.2, -0.15) is 0 Å². The van der Waals surface area contributed by atoms with Crippen molar-refractivity contribution in [2.45, 2.75) is 82.6 Å². The number of rotatable bonds is 5. The number of esters is 1. The second kappa shape index (κ2) is 7.18. The van der Waals surface area contributed by atoms with Gasteiger partial charge in [0.1, 0.15) is 5.78 Å². The molecule has 1 spiro atoms. The molecule has 31 heavy (non-hydrogen) atoms. The molecule has 2 amide bonds. The molecule has 1 saturated carbocycles. The second-order valence-corrected chi connectivity index (χ2v) is 9.54. The van der Waals surface area contributed by atoms with Crippen molar-refractivity contribution in [3.8, 4) is 0 Å². The normalized spacial score (nSPS) is 32.6. The van der Waals surface area contributed by atoms with Crippen molar-refractivity contribution >= 4 is 23.6 Å². The first-order valence-corrected chi connectivity index (χ1v) is 11.2. The van der Waals surface area contributed by atoms with Gasteiger partial charge in [0.25, 0.3) is 0 Å². The highest BCUT2D eigenvalue weighted by molar-refractivity contribution is 6.02. The lowest BCUT2D eigenvalue weighted by Gasteiger charge is -2.37. The quantitative estimate of drug-likeness (QED) is 0.677. The van der Waals surface area contributed by atoms with E-state index in [0.29, 0.717) is 0 Å². The molecule has 0 bridgehead atoms. The first-order valence-electron chi connectivity index (χ1n) is 11.2. The minimum absolute atomic E-state index is 0.0279. The van der Waals surface area contributed by atoms with E-state index >= 15 is 0 Å². The summed E-state index contributed by atoms with van der Waals surface area (Å²) < 4.78 is 5.91. The van der Waals surface area contributed by atoms with E-state index in [9.17, 15) is 19.2 Å². The van der Waals surface area contributed by atoms with Crippen molar-refractivity contribution in [3.63, 3.8) is 0 Å². The molecule has 0 N–H and O–H groups in total. The van der Waals surface area contributed by atoms with Crippen LogP contribution in [0.5, 0.6) is 0 Å².